The van der Waals surface area contributed by atoms with E-state index in [1.807, 2.05) is 0 Å². The molecule has 5 nitrogen and oxygen atoms in total. The van der Waals surface area contributed by atoms with Gasteiger partial charge in [-0.1, -0.05) is 19.8 Å². The minimum atomic E-state index is -3.32. The van der Waals surface area contributed by atoms with Gasteiger partial charge in [-0.25, -0.2) is 4.72 Å². The van der Waals surface area contributed by atoms with Crippen molar-refractivity contribution in [1.82, 2.24) is 13.9 Å². The second-order valence-corrected chi connectivity index (χ2v) is 8.51. The van der Waals surface area contributed by atoms with E-state index in [1.54, 1.807) is 4.31 Å². The van der Waals surface area contributed by atoms with Crippen molar-refractivity contribution in [3.63, 3.8) is 0 Å². The molecule has 2 aliphatic rings. The summed E-state index contributed by atoms with van der Waals surface area (Å²) in [4.78, 5) is 2.20. The van der Waals surface area contributed by atoms with Crippen molar-refractivity contribution in [3.8, 4) is 0 Å². The van der Waals surface area contributed by atoms with Gasteiger partial charge in [0, 0.05) is 25.2 Å². The van der Waals surface area contributed by atoms with E-state index in [0.29, 0.717) is 25.6 Å². The molecule has 0 aromatic heterocycles. The molecule has 0 amide bonds. The maximum atomic E-state index is 12.4. The number of piperidine rings is 1. The fraction of sp³-hybridized carbons (Fsp3) is 1.00. The van der Waals surface area contributed by atoms with Gasteiger partial charge in [0.2, 0.25) is 0 Å². The molecule has 1 aliphatic carbocycles. The van der Waals surface area contributed by atoms with Crippen LogP contribution < -0.4 is 4.72 Å². The van der Waals surface area contributed by atoms with Crippen molar-refractivity contribution in [2.75, 3.05) is 33.7 Å². The molecule has 0 aromatic carbocycles. The predicted octanol–water partition coefficient (Wildman–Crippen LogP) is 1.43. The number of hydrogen-bond donors (Lipinski definition) is 1. The lowest BCUT2D eigenvalue weighted by Gasteiger charge is -2.37. The van der Waals surface area contributed by atoms with Crippen LogP contribution in [0.3, 0.4) is 0 Å². The summed E-state index contributed by atoms with van der Waals surface area (Å²) in [6, 6.07) is 0. The quantitative estimate of drug-likeness (QED) is 0.836. The molecular weight excluding hydrogens is 274 g/mol. The Hall–Kier alpha value is -0.170. The second kappa shape index (κ2) is 6.30. The SMILES string of the molecule is CC1CCCN(S(=O)(=O)NCC2(N(C)C)CCCC2)C1. The van der Waals surface area contributed by atoms with Gasteiger partial charge in [0.05, 0.1) is 0 Å². The van der Waals surface area contributed by atoms with Crippen molar-refractivity contribution < 1.29 is 8.42 Å². The largest absolute Gasteiger partial charge is 0.302 e. The highest BCUT2D eigenvalue weighted by Gasteiger charge is 2.38. The average molecular weight is 303 g/mol. The maximum absolute atomic E-state index is 12.4. The molecule has 1 unspecified atom stereocenters. The van der Waals surface area contributed by atoms with Crippen LogP contribution in [-0.2, 0) is 10.2 Å². The summed E-state index contributed by atoms with van der Waals surface area (Å²) in [6.45, 7) is 3.98. The molecule has 6 heteroatoms. The Kier molecular flexibility index (Phi) is 5.10. The second-order valence-electron chi connectivity index (χ2n) is 6.76. The van der Waals surface area contributed by atoms with Crippen molar-refractivity contribution in [2.24, 2.45) is 5.92 Å². The monoisotopic (exact) mass is 303 g/mol. The van der Waals surface area contributed by atoms with E-state index in [0.717, 1.165) is 25.7 Å². The lowest BCUT2D eigenvalue weighted by Crippen LogP contribution is -2.54. The van der Waals surface area contributed by atoms with Crippen LogP contribution in [0.4, 0.5) is 0 Å². The smallest absolute Gasteiger partial charge is 0.279 e. The van der Waals surface area contributed by atoms with Crippen LogP contribution in [0, 0.1) is 5.92 Å². The molecular formula is C14H29N3O2S. The number of likely N-dealkylation sites (N-methyl/N-ethyl adjacent to an activating group) is 1. The Morgan fingerprint density at radius 2 is 1.90 bits per heavy atom. The number of hydrogen-bond acceptors (Lipinski definition) is 3. The van der Waals surface area contributed by atoms with Gasteiger partial charge in [-0.15, -0.1) is 0 Å². The summed E-state index contributed by atoms with van der Waals surface area (Å²) in [7, 11) is 0.798. The molecule has 118 valence electrons. The fourth-order valence-electron chi connectivity index (χ4n) is 3.50. The third-order valence-corrected chi connectivity index (χ3v) is 6.55. The van der Waals surface area contributed by atoms with Gasteiger partial charge in [-0.3, -0.25) is 0 Å². The summed E-state index contributed by atoms with van der Waals surface area (Å²) in [5.74, 6) is 0.467. The lowest BCUT2D eigenvalue weighted by molar-refractivity contribution is 0.160. The predicted molar refractivity (Wildman–Crippen MR) is 81.8 cm³/mol. The number of nitrogens with one attached hydrogen (secondary N) is 1. The van der Waals surface area contributed by atoms with Crippen molar-refractivity contribution in [1.29, 1.82) is 0 Å². The van der Waals surface area contributed by atoms with E-state index in [9.17, 15) is 8.42 Å². The highest BCUT2D eigenvalue weighted by Crippen LogP contribution is 2.33. The number of nitrogens with zero attached hydrogens (tertiary/aromatic N) is 2. The summed E-state index contributed by atoms with van der Waals surface area (Å²) in [5, 5.41) is 0. The Balaban J connectivity index is 1.97. The molecule has 1 heterocycles. The van der Waals surface area contributed by atoms with E-state index in [2.05, 4.69) is 30.6 Å². The molecule has 0 spiro atoms. The Bertz CT molecular complexity index is 416. The summed E-state index contributed by atoms with van der Waals surface area (Å²) in [5.41, 5.74) is 0.00841. The van der Waals surface area contributed by atoms with Gasteiger partial charge in [0.25, 0.3) is 10.2 Å². The topological polar surface area (TPSA) is 52.7 Å². The first-order chi connectivity index (χ1) is 9.36. The summed E-state index contributed by atoms with van der Waals surface area (Å²) < 4.78 is 29.4. The molecule has 1 saturated heterocycles. The van der Waals surface area contributed by atoms with Crippen molar-refractivity contribution in [3.05, 3.63) is 0 Å². The standard InChI is InChI=1S/C14H29N3O2S/c1-13-7-6-10-17(11-13)20(18,19)15-12-14(16(2)3)8-4-5-9-14/h13,15H,4-12H2,1-3H3. The van der Waals surface area contributed by atoms with E-state index in [4.69, 9.17) is 0 Å². The summed E-state index contributed by atoms with van der Waals surface area (Å²) in [6.07, 6.45) is 6.66. The van der Waals surface area contributed by atoms with Gasteiger partial charge in [-0.2, -0.15) is 12.7 Å². The zero-order chi connectivity index (χ0) is 14.8. The van der Waals surface area contributed by atoms with E-state index in [1.165, 1.54) is 12.8 Å². The van der Waals surface area contributed by atoms with Crippen molar-refractivity contribution in [2.45, 2.75) is 51.0 Å². The lowest BCUT2D eigenvalue weighted by atomic mass is 9.97. The molecule has 20 heavy (non-hydrogen) atoms. The highest BCUT2D eigenvalue weighted by atomic mass is 32.2. The molecule has 0 bridgehead atoms. The van der Waals surface area contributed by atoms with Gasteiger partial charge in [0.15, 0.2) is 0 Å². The van der Waals surface area contributed by atoms with Crippen LogP contribution in [0.25, 0.3) is 0 Å². The molecule has 1 saturated carbocycles. The average Bonchev–Trinajstić information content (AvgIpc) is 2.87. The molecule has 1 atom stereocenters. The summed E-state index contributed by atoms with van der Waals surface area (Å²) >= 11 is 0. The molecule has 1 aliphatic heterocycles. The normalized spacial score (nSPS) is 28.1. The van der Waals surface area contributed by atoms with Crippen LogP contribution >= 0.6 is 0 Å². The van der Waals surface area contributed by atoms with Gasteiger partial charge >= 0.3 is 0 Å². The minimum absolute atomic E-state index is 0.00841. The van der Waals surface area contributed by atoms with Crippen LogP contribution in [-0.4, -0.2) is 56.9 Å². The molecule has 1 N–H and O–H groups in total. The third kappa shape index (κ3) is 3.53. The molecule has 2 fully saturated rings. The maximum Gasteiger partial charge on any atom is 0.279 e. The fourth-order valence-corrected chi connectivity index (χ4v) is 4.95. The zero-order valence-electron chi connectivity index (χ0n) is 13.1. The first-order valence-corrected chi connectivity index (χ1v) is 9.22. The van der Waals surface area contributed by atoms with E-state index >= 15 is 0 Å². The third-order valence-electron chi connectivity index (χ3n) is 5.03. The highest BCUT2D eigenvalue weighted by molar-refractivity contribution is 7.87. The van der Waals surface area contributed by atoms with Crippen LogP contribution in [0.2, 0.25) is 0 Å². The van der Waals surface area contributed by atoms with Crippen LogP contribution in [0.15, 0.2) is 0 Å². The van der Waals surface area contributed by atoms with Gasteiger partial charge in [-0.05, 0) is 45.7 Å². The molecule has 0 radical (unpaired) electrons. The first-order valence-electron chi connectivity index (χ1n) is 7.78. The van der Waals surface area contributed by atoms with E-state index in [-0.39, 0.29) is 5.54 Å². The molecule has 0 aromatic rings. The minimum Gasteiger partial charge on any atom is -0.302 e. The first kappa shape index (κ1) is 16.2. The Morgan fingerprint density at radius 1 is 1.25 bits per heavy atom. The van der Waals surface area contributed by atoms with E-state index < -0.39 is 10.2 Å². The Morgan fingerprint density at radius 3 is 2.45 bits per heavy atom. The van der Waals surface area contributed by atoms with Gasteiger partial charge in [0.1, 0.15) is 0 Å². The Labute approximate surface area is 123 Å². The van der Waals surface area contributed by atoms with Crippen LogP contribution in [0.1, 0.15) is 45.4 Å². The number of rotatable bonds is 5. The molecule has 2 rings (SSSR count). The van der Waals surface area contributed by atoms with Gasteiger partial charge < -0.3 is 4.90 Å². The van der Waals surface area contributed by atoms with Crippen LogP contribution in [0.5, 0.6) is 0 Å². The van der Waals surface area contributed by atoms with Crippen molar-refractivity contribution >= 4 is 10.2 Å². The zero-order valence-corrected chi connectivity index (χ0v) is 13.9.